The zero-order chi connectivity index (χ0) is 16.5. The normalized spacial score (nSPS) is 16.0. The molecule has 1 unspecified atom stereocenters. The van der Waals surface area contributed by atoms with Crippen LogP contribution in [0.5, 0.6) is 11.5 Å². The molecule has 2 aromatic rings. The zero-order valence-corrected chi connectivity index (χ0v) is 15.6. The first-order chi connectivity index (χ1) is 11.7. The van der Waals surface area contributed by atoms with Crippen molar-refractivity contribution in [3.8, 4) is 22.8 Å². The molecule has 1 aliphatic heterocycles. The quantitative estimate of drug-likeness (QED) is 0.797. The van der Waals surface area contributed by atoms with Crippen molar-refractivity contribution in [3.05, 3.63) is 30.3 Å². The summed E-state index contributed by atoms with van der Waals surface area (Å²) in [7, 11) is 0. The molecule has 1 aromatic carbocycles. The van der Waals surface area contributed by atoms with E-state index in [2.05, 4.69) is 10.3 Å². The summed E-state index contributed by atoms with van der Waals surface area (Å²) in [6.45, 7) is 1.47. The Labute approximate surface area is 163 Å². The molecule has 0 bridgehead atoms. The number of nitrogens with one attached hydrogen (secondary N) is 1. The summed E-state index contributed by atoms with van der Waals surface area (Å²) in [6.07, 6.45) is 3.55. The fraction of sp³-hybridized carbons (Fsp3) is 0.412. The number of ether oxygens (including phenoxy) is 2. The van der Waals surface area contributed by atoms with E-state index in [0.717, 1.165) is 12.8 Å². The van der Waals surface area contributed by atoms with Crippen LogP contribution < -0.4 is 20.5 Å². The first-order valence-electron chi connectivity index (χ1n) is 8.09. The lowest BCUT2D eigenvalue weighted by Crippen LogP contribution is -2.38. The molecule has 0 spiro atoms. The van der Waals surface area contributed by atoms with Gasteiger partial charge in [-0.15, -0.1) is 24.8 Å². The van der Waals surface area contributed by atoms with Crippen LogP contribution >= 0.6 is 24.8 Å². The molecule has 1 atom stereocenters. The van der Waals surface area contributed by atoms with Gasteiger partial charge in [-0.05, 0) is 37.0 Å². The second-order valence-electron chi connectivity index (χ2n) is 6.10. The number of hydrogen-bond acceptors (Lipinski definition) is 6. The topological polar surface area (TPSA) is 99.6 Å². The van der Waals surface area contributed by atoms with Crippen LogP contribution in [-0.2, 0) is 0 Å². The van der Waals surface area contributed by atoms with Crippen molar-refractivity contribution < 1.29 is 18.7 Å². The lowest BCUT2D eigenvalue weighted by molar-refractivity contribution is 0.0946. The van der Waals surface area contributed by atoms with E-state index < -0.39 is 0 Å². The van der Waals surface area contributed by atoms with Gasteiger partial charge in [-0.3, -0.25) is 4.79 Å². The number of carbonyl (C=O) groups excluding carboxylic acids is 1. The molecule has 1 aliphatic carbocycles. The van der Waals surface area contributed by atoms with Crippen molar-refractivity contribution in [2.75, 3.05) is 19.8 Å². The molecule has 2 aliphatic rings. The highest BCUT2D eigenvalue weighted by atomic mass is 35.5. The third kappa shape index (κ3) is 4.23. The maximum atomic E-state index is 12.4. The molecule has 2 heterocycles. The second kappa shape index (κ2) is 8.62. The Morgan fingerprint density at radius 2 is 1.96 bits per heavy atom. The number of nitrogens with zero attached hydrogens (tertiary/aromatic N) is 1. The monoisotopic (exact) mass is 401 g/mol. The van der Waals surface area contributed by atoms with E-state index in [9.17, 15) is 4.79 Å². The summed E-state index contributed by atoms with van der Waals surface area (Å²) in [4.78, 5) is 16.4. The fourth-order valence-corrected chi connectivity index (χ4v) is 2.78. The molecule has 1 aromatic heterocycles. The van der Waals surface area contributed by atoms with Crippen LogP contribution in [0, 0.1) is 5.92 Å². The molecule has 1 saturated carbocycles. The molecule has 1 amide bonds. The number of benzene rings is 1. The van der Waals surface area contributed by atoms with Gasteiger partial charge in [-0.1, -0.05) is 0 Å². The SMILES string of the molecule is Cl.Cl.NC(CNC(=O)c1ncoc1-c1ccc2c(c1)OCCO2)C1CC1. The van der Waals surface area contributed by atoms with Crippen molar-refractivity contribution in [1.29, 1.82) is 0 Å². The van der Waals surface area contributed by atoms with E-state index in [1.807, 2.05) is 6.07 Å². The third-order valence-corrected chi connectivity index (χ3v) is 4.31. The minimum atomic E-state index is -0.287. The highest BCUT2D eigenvalue weighted by Gasteiger charge is 2.29. The van der Waals surface area contributed by atoms with Gasteiger partial charge in [-0.25, -0.2) is 4.98 Å². The Morgan fingerprint density at radius 1 is 1.23 bits per heavy atom. The van der Waals surface area contributed by atoms with Gasteiger partial charge in [0.25, 0.3) is 5.91 Å². The standard InChI is InChI=1S/C17H19N3O4.2ClH/c18-12(10-1-2-10)8-19-17(21)15-16(24-9-20-15)11-3-4-13-14(7-11)23-6-5-22-13;;/h3-4,7,9-10,12H,1-2,5-6,8,18H2,(H,19,21);2*1H. The van der Waals surface area contributed by atoms with Crippen molar-refractivity contribution in [3.63, 3.8) is 0 Å². The van der Waals surface area contributed by atoms with E-state index in [-0.39, 0.29) is 42.5 Å². The van der Waals surface area contributed by atoms with E-state index in [1.165, 1.54) is 6.39 Å². The van der Waals surface area contributed by atoms with Crippen LogP contribution in [0.25, 0.3) is 11.3 Å². The Bertz CT molecular complexity index is 764. The molecule has 0 saturated heterocycles. The van der Waals surface area contributed by atoms with Crippen LogP contribution in [0.15, 0.2) is 29.0 Å². The minimum absolute atomic E-state index is 0. The molecular formula is C17H21Cl2N3O4. The van der Waals surface area contributed by atoms with Crippen LogP contribution in [0.3, 0.4) is 0 Å². The van der Waals surface area contributed by atoms with Crippen LogP contribution in [0.1, 0.15) is 23.3 Å². The summed E-state index contributed by atoms with van der Waals surface area (Å²) >= 11 is 0. The van der Waals surface area contributed by atoms with E-state index in [4.69, 9.17) is 19.6 Å². The van der Waals surface area contributed by atoms with Crippen molar-refractivity contribution in [2.24, 2.45) is 11.7 Å². The molecule has 1 fully saturated rings. The van der Waals surface area contributed by atoms with Gasteiger partial charge in [0.05, 0.1) is 0 Å². The molecular weight excluding hydrogens is 381 g/mol. The van der Waals surface area contributed by atoms with Gasteiger partial charge < -0.3 is 24.9 Å². The highest BCUT2D eigenvalue weighted by molar-refractivity contribution is 5.97. The number of amides is 1. The number of rotatable bonds is 5. The summed E-state index contributed by atoms with van der Waals surface area (Å²) in [5.74, 6) is 1.97. The Hall–Kier alpha value is -1.96. The average molecular weight is 402 g/mol. The summed E-state index contributed by atoms with van der Waals surface area (Å²) < 4.78 is 16.5. The van der Waals surface area contributed by atoms with Gasteiger partial charge >= 0.3 is 0 Å². The zero-order valence-electron chi connectivity index (χ0n) is 14.0. The number of oxazole rings is 1. The Balaban J connectivity index is 0.00000121. The minimum Gasteiger partial charge on any atom is -0.486 e. The van der Waals surface area contributed by atoms with Crippen LogP contribution in [0.4, 0.5) is 0 Å². The molecule has 4 rings (SSSR count). The van der Waals surface area contributed by atoms with Crippen LogP contribution in [-0.4, -0.2) is 36.7 Å². The number of nitrogens with two attached hydrogens (primary N) is 1. The van der Waals surface area contributed by atoms with Gasteiger partial charge in [0.15, 0.2) is 29.3 Å². The number of carbonyl (C=O) groups is 1. The van der Waals surface area contributed by atoms with Gasteiger partial charge in [0, 0.05) is 18.2 Å². The molecule has 7 nitrogen and oxygen atoms in total. The Morgan fingerprint density at radius 3 is 2.69 bits per heavy atom. The molecule has 26 heavy (non-hydrogen) atoms. The number of hydrogen-bond donors (Lipinski definition) is 2. The Kier molecular flexibility index (Phi) is 6.75. The third-order valence-electron chi connectivity index (χ3n) is 4.31. The second-order valence-corrected chi connectivity index (χ2v) is 6.10. The lowest BCUT2D eigenvalue weighted by atomic mass is 10.1. The highest BCUT2D eigenvalue weighted by Crippen LogP contribution is 2.35. The van der Waals surface area contributed by atoms with Crippen molar-refractivity contribution in [2.45, 2.75) is 18.9 Å². The maximum Gasteiger partial charge on any atom is 0.273 e. The summed E-state index contributed by atoms with van der Waals surface area (Å²) in [6, 6.07) is 5.41. The first kappa shape index (κ1) is 20.4. The predicted octanol–water partition coefficient (Wildman–Crippen LogP) is 2.42. The van der Waals surface area contributed by atoms with Crippen LogP contribution in [0.2, 0.25) is 0 Å². The van der Waals surface area contributed by atoms with E-state index >= 15 is 0 Å². The molecule has 0 radical (unpaired) electrons. The van der Waals surface area contributed by atoms with Crippen molar-refractivity contribution >= 4 is 30.7 Å². The van der Waals surface area contributed by atoms with E-state index in [1.54, 1.807) is 12.1 Å². The largest absolute Gasteiger partial charge is 0.486 e. The number of aromatic nitrogens is 1. The van der Waals surface area contributed by atoms with Gasteiger partial charge in [-0.2, -0.15) is 0 Å². The fourth-order valence-electron chi connectivity index (χ4n) is 2.78. The number of halogens is 2. The van der Waals surface area contributed by atoms with Gasteiger partial charge in [0.1, 0.15) is 13.2 Å². The molecule has 3 N–H and O–H groups in total. The average Bonchev–Trinajstić information content (AvgIpc) is 3.35. The predicted molar refractivity (Wildman–Crippen MR) is 100 cm³/mol. The molecule has 9 heteroatoms. The lowest BCUT2D eigenvalue weighted by Gasteiger charge is -2.18. The van der Waals surface area contributed by atoms with E-state index in [0.29, 0.717) is 48.5 Å². The smallest absolute Gasteiger partial charge is 0.273 e. The van der Waals surface area contributed by atoms with Crippen molar-refractivity contribution in [1.82, 2.24) is 10.3 Å². The van der Waals surface area contributed by atoms with Gasteiger partial charge in [0.2, 0.25) is 0 Å². The molecule has 142 valence electrons. The first-order valence-corrected chi connectivity index (χ1v) is 8.09. The summed E-state index contributed by atoms with van der Waals surface area (Å²) in [5.41, 5.74) is 6.98. The summed E-state index contributed by atoms with van der Waals surface area (Å²) in [5, 5.41) is 2.84. The number of fused-ring (bicyclic) bond motifs is 1. The maximum absolute atomic E-state index is 12.4.